The molecule has 1 aromatic rings. The number of halogens is 1. The van der Waals surface area contributed by atoms with E-state index < -0.39 is 10.0 Å². The van der Waals surface area contributed by atoms with Gasteiger partial charge in [0.15, 0.2) is 0 Å². The van der Waals surface area contributed by atoms with Gasteiger partial charge < -0.3 is 10.1 Å². The van der Waals surface area contributed by atoms with Crippen molar-refractivity contribution in [2.24, 2.45) is 5.92 Å². The molecule has 1 unspecified atom stereocenters. The lowest BCUT2D eigenvalue weighted by atomic mass is 9.96. The van der Waals surface area contributed by atoms with Gasteiger partial charge in [-0.25, -0.2) is 13.1 Å². The van der Waals surface area contributed by atoms with Crippen molar-refractivity contribution < 1.29 is 13.2 Å². The van der Waals surface area contributed by atoms with E-state index >= 15 is 0 Å². The van der Waals surface area contributed by atoms with Gasteiger partial charge in [-0.3, -0.25) is 0 Å². The number of benzene rings is 1. The van der Waals surface area contributed by atoms with Gasteiger partial charge >= 0.3 is 0 Å². The fourth-order valence-corrected chi connectivity index (χ4v) is 4.57. The molecule has 0 aliphatic carbocycles. The Labute approximate surface area is 134 Å². The molecule has 1 aromatic carbocycles. The first-order chi connectivity index (χ1) is 10.0. The molecule has 1 aliphatic rings. The second-order valence-electron chi connectivity index (χ2n) is 5.20. The Bertz CT molecular complexity index is 572. The normalized spacial score (nSPS) is 19.4. The molecule has 2 rings (SSSR count). The van der Waals surface area contributed by atoms with Crippen molar-refractivity contribution in [3.63, 3.8) is 0 Å². The second kappa shape index (κ2) is 7.58. The van der Waals surface area contributed by atoms with Crippen LogP contribution in [-0.2, 0) is 10.0 Å². The highest BCUT2D eigenvalue weighted by Crippen LogP contribution is 2.26. The first kappa shape index (κ1) is 16.7. The lowest BCUT2D eigenvalue weighted by molar-refractivity contribution is 0.358. The molecule has 21 heavy (non-hydrogen) atoms. The highest BCUT2D eigenvalue weighted by molar-refractivity contribution is 9.10. The average molecular weight is 377 g/mol. The smallest absolute Gasteiger partial charge is 0.241 e. The molecule has 0 amide bonds. The standard InChI is InChI=1S/C14H21BrN2O3S/c1-20-12-4-5-14(13(15)9-12)21(18,19)17-8-6-11-3-2-7-16-10-11/h4-5,9,11,16-17H,2-3,6-8,10H2,1H3. The fourth-order valence-electron chi connectivity index (χ4n) is 2.47. The van der Waals surface area contributed by atoms with Crippen LogP contribution < -0.4 is 14.8 Å². The van der Waals surface area contributed by atoms with Crippen molar-refractivity contribution >= 4 is 26.0 Å². The third-order valence-corrected chi connectivity index (χ3v) is 6.11. The predicted molar refractivity (Wildman–Crippen MR) is 86.1 cm³/mol. The SMILES string of the molecule is COc1ccc(S(=O)(=O)NCCC2CCCNC2)c(Br)c1. The van der Waals surface area contributed by atoms with E-state index in [9.17, 15) is 8.42 Å². The Morgan fingerprint density at radius 2 is 2.29 bits per heavy atom. The summed E-state index contributed by atoms with van der Waals surface area (Å²) in [6, 6.07) is 4.84. The van der Waals surface area contributed by atoms with Crippen molar-refractivity contribution in [3.05, 3.63) is 22.7 Å². The minimum atomic E-state index is -3.49. The van der Waals surface area contributed by atoms with E-state index in [0.717, 1.165) is 19.5 Å². The maximum atomic E-state index is 12.3. The van der Waals surface area contributed by atoms with E-state index in [1.54, 1.807) is 25.3 Å². The van der Waals surface area contributed by atoms with E-state index in [1.807, 2.05) is 0 Å². The molecule has 1 atom stereocenters. The van der Waals surface area contributed by atoms with E-state index in [1.165, 1.54) is 12.8 Å². The minimum Gasteiger partial charge on any atom is -0.497 e. The van der Waals surface area contributed by atoms with E-state index in [4.69, 9.17) is 4.74 Å². The topological polar surface area (TPSA) is 67.4 Å². The summed E-state index contributed by atoms with van der Waals surface area (Å²) in [5.74, 6) is 1.18. The Morgan fingerprint density at radius 1 is 1.48 bits per heavy atom. The van der Waals surface area contributed by atoms with Gasteiger partial charge in [-0.1, -0.05) is 0 Å². The Hall–Kier alpha value is -0.630. The summed E-state index contributed by atoms with van der Waals surface area (Å²) in [7, 11) is -1.94. The molecular formula is C14H21BrN2O3S. The number of methoxy groups -OCH3 is 1. The number of hydrogen-bond acceptors (Lipinski definition) is 4. The first-order valence-corrected chi connectivity index (χ1v) is 9.34. The monoisotopic (exact) mass is 376 g/mol. The van der Waals surface area contributed by atoms with Crippen LogP contribution in [0.3, 0.4) is 0 Å². The molecule has 118 valence electrons. The molecule has 7 heteroatoms. The molecule has 1 fully saturated rings. The van der Waals surface area contributed by atoms with Crippen molar-refractivity contribution in [2.75, 3.05) is 26.7 Å². The first-order valence-electron chi connectivity index (χ1n) is 7.07. The molecule has 0 spiro atoms. The summed E-state index contributed by atoms with van der Waals surface area (Å²) in [6.45, 7) is 2.52. The van der Waals surface area contributed by atoms with Crippen LogP contribution in [-0.4, -0.2) is 35.2 Å². The van der Waals surface area contributed by atoms with Crippen LogP contribution in [0.25, 0.3) is 0 Å². The largest absolute Gasteiger partial charge is 0.497 e. The zero-order chi connectivity index (χ0) is 15.3. The zero-order valence-electron chi connectivity index (χ0n) is 12.1. The number of nitrogens with one attached hydrogen (secondary N) is 2. The number of rotatable bonds is 6. The van der Waals surface area contributed by atoms with Crippen LogP contribution >= 0.6 is 15.9 Å². The number of ether oxygens (including phenoxy) is 1. The minimum absolute atomic E-state index is 0.241. The van der Waals surface area contributed by atoms with Crippen molar-refractivity contribution in [3.8, 4) is 5.75 Å². The average Bonchev–Trinajstić information content (AvgIpc) is 2.47. The van der Waals surface area contributed by atoms with Crippen molar-refractivity contribution in [2.45, 2.75) is 24.2 Å². The molecule has 1 aliphatic heterocycles. The number of hydrogen-bond donors (Lipinski definition) is 2. The Balaban J connectivity index is 1.94. The molecular weight excluding hydrogens is 356 g/mol. The molecule has 0 saturated carbocycles. The van der Waals surface area contributed by atoms with E-state index in [2.05, 4.69) is 26.0 Å². The van der Waals surface area contributed by atoms with Gasteiger partial charge in [0.1, 0.15) is 5.75 Å². The summed E-state index contributed by atoms with van der Waals surface area (Å²) in [4.78, 5) is 0.241. The van der Waals surface area contributed by atoms with Gasteiger partial charge in [-0.2, -0.15) is 0 Å². The maximum absolute atomic E-state index is 12.3. The molecule has 0 radical (unpaired) electrons. The summed E-state index contributed by atoms with van der Waals surface area (Å²) < 4.78 is 32.8. The Kier molecular flexibility index (Phi) is 6.04. The second-order valence-corrected chi connectivity index (χ2v) is 7.78. The molecule has 1 heterocycles. The molecule has 1 saturated heterocycles. The molecule has 0 bridgehead atoms. The summed E-state index contributed by atoms with van der Waals surface area (Å²) >= 11 is 3.28. The zero-order valence-corrected chi connectivity index (χ0v) is 14.5. The van der Waals surface area contributed by atoms with Gasteiger partial charge in [0.2, 0.25) is 10.0 Å². The third-order valence-electron chi connectivity index (χ3n) is 3.67. The van der Waals surface area contributed by atoms with Crippen molar-refractivity contribution in [1.29, 1.82) is 0 Å². The highest BCUT2D eigenvalue weighted by atomic mass is 79.9. The third kappa shape index (κ3) is 4.67. The van der Waals surface area contributed by atoms with Gasteiger partial charge in [-0.05, 0) is 72.4 Å². The molecule has 5 nitrogen and oxygen atoms in total. The van der Waals surface area contributed by atoms with Gasteiger partial charge in [0.05, 0.1) is 12.0 Å². The van der Waals surface area contributed by atoms with Crippen LogP contribution in [0.2, 0.25) is 0 Å². The summed E-state index contributed by atoms with van der Waals surface area (Å²) in [5, 5.41) is 3.34. The van der Waals surface area contributed by atoms with E-state index in [0.29, 0.717) is 22.7 Å². The number of sulfonamides is 1. The number of piperidine rings is 1. The van der Waals surface area contributed by atoms with Crippen LogP contribution in [0.5, 0.6) is 5.75 Å². The van der Waals surface area contributed by atoms with Gasteiger partial charge in [0.25, 0.3) is 0 Å². The van der Waals surface area contributed by atoms with Crippen molar-refractivity contribution in [1.82, 2.24) is 10.0 Å². The predicted octanol–water partition coefficient (Wildman–Crippen LogP) is 2.13. The summed E-state index contributed by atoms with van der Waals surface area (Å²) in [5.41, 5.74) is 0. The Morgan fingerprint density at radius 3 is 2.90 bits per heavy atom. The quantitative estimate of drug-likeness (QED) is 0.797. The maximum Gasteiger partial charge on any atom is 0.241 e. The lowest BCUT2D eigenvalue weighted by Crippen LogP contribution is -2.33. The van der Waals surface area contributed by atoms with Crippen LogP contribution in [0.1, 0.15) is 19.3 Å². The van der Waals surface area contributed by atoms with Crippen LogP contribution in [0.4, 0.5) is 0 Å². The highest BCUT2D eigenvalue weighted by Gasteiger charge is 2.19. The van der Waals surface area contributed by atoms with E-state index in [-0.39, 0.29) is 4.90 Å². The fraction of sp³-hybridized carbons (Fsp3) is 0.571. The van der Waals surface area contributed by atoms with Crippen LogP contribution in [0.15, 0.2) is 27.6 Å². The molecule has 0 aromatic heterocycles. The van der Waals surface area contributed by atoms with Gasteiger partial charge in [0, 0.05) is 11.0 Å². The van der Waals surface area contributed by atoms with Crippen LogP contribution in [0, 0.1) is 5.92 Å². The lowest BCUT2D eigenvalue weighted by Gasteiger charge is -2.22. The van der Waals surface area contributed by atoms with Gasteiger partial charge in [-0.15, -0.1) is 0 Å². The summed E-state index contributed by atoms with van der Waals surface area (Å²) in [6.07, 6.45) is 3.20. The molecule has 2 N–H and O–H groups in total.